The molecule has 2 rings (SSSR count). The number of pyridine rings is 1. The van der Waals surface area contributed by atoms with Gasteiger partial charge in [-0.1, -0.05) is 19.1 Å². The van der Waals surface area contributed by atoms with Gasteiger partial charge in [0.1, 0.15) is 0 Å². The molecule has 0 saturated heterocycles. The monoisotopic (exact) mass is 259 g/mol. The Bertz CT molecular complexity index is 582. The minimum Gasteiger partial charge on any atom is -0.469 e. The van der Waals surface area contributed by atoms with E-state index in [1.54, 1.807) is 12.3 Å². The largest absolute Gasteiger partial charge is 0.469 e. The number of nitrogens with zero attached hydrogens (tertiary/aromatic N) is 1. The van der Waals surface area contributed by atoms with Crippen LogP contribution in [0.4, 0.5) is 0 Å². The molecule has 2 aromatic rings. The normalized spacial score (nSPS) is 14.1. The Balaban J connectivity index is 2.34. The number of carbonyl (C=O) groups excluding carboxylic acids is 1. The molecular formula is C15H17NO3. The molecule has 1 N–H and O–H groups in total. The molecule has 0 aliphatic rings. The van der Waals surface area contributed by atoms with Gasteiger partial charge in [0.05, 0.1) is 24.6 Å². The highest BCUT2D eigenvalue weighted by atomic mass is 16.5. The molecule has 4 heteroatoms. The number of carbonyl (C=O) groups is 1. The molecule has 0 bridgehead atoms. The van der Waals surface area contributed by atoms with E-state index in [-0.39, 0.29) is 5.97 Å². The third-order valence-electron chi connectivity index (χ3n) is 3.29. The first kappa shape index (κ1) is 13.5. The first-order chi connectivity index (χ1) is 9.17. The van der Waals surface area contributed by atoms with Crippen LogP contribution in [0.3, 0.4) is 0 Å². The number of aliphatic hydroxyl groups excluding tert-OH is 1. The highest BCUT2D eigenvalue weighted by molar-refractivity contribution is 5.79. The second kappa shape index (κ2) is 5.80. The number of hydrogen-bond donors (Lipinski definition) is 1. The van der Waals surface area contributed by atoms with Crippen molar-refractivity contribution in [3.05, 3.63) is 42.1 Å². The van der Waals surface area contributed by atoms with Gasteiger partial charge in [0, 0.05) is 11.6 Å². The molecule has 1 heterocycles. The Kier molecular flexibility index (Phi) is 4.12. The summed E-state index contributed by atoms with van der Waals surface area (Å²) >= 11 is 0. The summed E-state index contributed by atoms with van der Waals surface area (Å²) in [6, 6.07) is 9.27. The summed E-state index contributed by atoms with van der Waals surface area (Å²) in [6.45, 7) is 1.85. The van der Waals surface area contributed by atoms with Crippen molar-refractivity contribution in [3.8, 4) is 0 Å². The predicted octanol–water partition coefficient (Wildman–Crippen LogP) is 2.47. The molecule has 0 aliphatic carbocycles. The lowest BCUT2D eigenvalue weighted by Crippen LogP contribution is -2.22. The number of methoxy groups -OCH3 is 1. The van der Waals surface area contributed by atoms with Crippen LogP contribution in [0.25, 0.3) is 10.9 Å². The van der Waals surface area contributed by atoms with Gasteiger partial charge >= 0.3 is 5.97 Å². The number of benzene rings is 1. The molecule has 2 atom stereocenters. The molecule has 0 radical (unpaired) electrons. The van der Waals surface area contributed by atoms with E-state index in [0.717, 1.165) is 10.9 Å². The van der Waals surface area contributed by atoms with Crippen LogP contribution in [0.1, 0.15) is 25.0 Å². The average molecular weight is 259 g/mol. The lowest BCUT2D eigenvalue weighted by atomic mass is 9.93. The van der Waals surface area contributed by atoms with Gasteiger partial charge in [0.25, 0.3) is 0 Å². The minimum absolute atomic E-state index is 0.388. The zero-order chi connectivity index (χ0) is 13.8. The van der Waals surface area contributed by atoms with Crippen LogP contribution in [0.5, 0.6) is 0 Å². The van der Waals surface area contributed by atoms with E-state index in [9.17, 15) is 9.90 Å². The fourth-order valence-corrected chi connectivity index (χ4v) is 2.18. The van der Waals surface area contributed by atoms with Gasteiger partial charge in [-0.15, -0.1) is 0 Å². The number of hydrogen-bond acceptors (Lipinski definition) is 4. The third-order valence-corrected chi connectivity index (χ3v) is 3.29. The molecule has 2 unspecified atom stereocenters. The number of esters is 1. The minimum atomic E-state index is -0.859. The molecule has 0 saturated carbocycles. The van der Waals surface area contributed by atoms with Crippen molar-refractivity contribution in [1.82, 2.24) is 4.98 Å². The van der Waals surface area contributed by atoms with Crippen molar-refractivity contribution < 1.29 is 14.6 Å². The van der Waals surface area contributed by atoms with Crippen LogP contribution in [0.15, 0.2) is 36.5 Å². The molecule has 1 aromatic heterocycles. The van der Waals surface area contributed by atoms with E-state index in [1.165, 1.54) is 7.11 Å². The Morgan fingerprint density at radius 2 is 2.21 bits per heavy atom. The second-order valence-electron chi connectivity index (χ2n) is 4.44. The standard InChI is InChI=1S/C15H17NO3/c1-3-12(15(18)19-2)14(17)11-6-7-13-10(9-11)5-4-8-16-13/h4-9,12,14,17H,3H2,1-2H3. The maximum Gasteiger partial charge on any atom is 0.311 e. The van der Waals surface area contributed by atoms with E-state index in [4.69, 9.17) is 4.74 Å². The molecule has 4 nitrogen and oxygen atoms in total. The lowest BCUT2D eigenvalue weighted by molar-refractivity contribution is -0.149. The Morgan fingerprint density at radius 1 is 1.42 bits per heavy atom. The molecule has 0 amide bonds. The van der Waals surface area contributed by atoms with Gasteiger partial charge in [0.15, 0.2) is 0 Å². The van der Waals surface area contributed by atoms with Gasteiger partial charge in [-0.25, -0.2) is 0 Å². The van der Waals surface area contributed by atoms with E-state index in [2.05, 4.69) is 4.98 Å². The third kappa shape index (κ3) is 2.74. The fraction of sp³-hybridized carbons (Fsp3) is 0.333. The van der Waals surface area contributed by atoms with Crippen molar-refractivity contribution in [2.75, 3.05) is 7.11 Å². The second-order valence-corrected chi connectivity index (χ2v) is 4.44. The van der Waals surface area contributed by atoms with Crippen LogP contribution < -0.4 is 0 Å². The number of ether oxygens (including phenoxy) is 1. The highest BCUT2D eigenvalue weighted by Crippen LogP contribution is 2.27. The fourth-order valence-electron chi connectivity index (χ4n) is 2.18. The zero-order valence-corrected chi connectivity index (χ0v) is 11.0. The van der Waals surface area contributed by atoms with Crippen molar-refractivity contribution in [3.63, 3.8) is 0 Å². The summed E-state index contributed by atoms with van der Waals surface area (Å²) in [4.78, 5) is 15.9. The maximum absolute atomic E-state index is 11.6. The topological polar surface area (TPSA) is 59.4 Å². The van der Waals surface area contributed by atoms with E-state index >= 15 is 0 Å². The highest BCUT2D eigenvalue weighted by Gasteiger charge is 2.27. The molecule has 0 aliphatic heterocycles. The number of aliphatic hydroxyl groups is 1. The van der Waals surface area contributed by atoms with Crippen LogP contribution in [-0.4, -0.2) is 23.2 Å². The van der Waals surface area contributed by atoms with Crippen LogP contribution in [-0.2, 0) is 9.53 Å². The van der Waals surface area contributed by atoms with Crippen LogP contribution in [0.2, 0.25) is 0 Å². The van der Waals surface area contributed by atoms with Crippen molar-refractivity contribution >= 4 is 16.9 Å². The van der Waals surface area contributed by atoms with Crippen LogP contribution in [0, 0.1) is 5.92 Å². The van der Waals surface area contributed by atoms with Crippen molar-refractivity contribution in [2.45, 2.75) is 19.4 Å². The Labute approximate surface area is 112 Å². The quantitative estimate of drug-likeness (QED) is 0.857. The van der Waals surface area contributed by atoms with Gasteiger partial charge in [-0.2, -0.15) is 0 Å². The van der Waals surface area contributed by atoms with E-state index in [1.807, 2.05) is 31.2 Å². The van der Waals surface area contributed by atoms with E-state index < -0.39 is 12.0 Å². The molecule has 19 heavy (non-hydrogen) atoms. The van der Waals surface area contributed by atoms with Gasteiger partial charge in [0.2, 0.25) is 0 Å². The van der Waals surface area contributed by atoms with Crippen molar-refractivity contribution in [1.29, 1.82) is 0 Å². The van der Waals surface area contributed by atoms with Gasteiger partial charge in [-0.3, -0.25) is 9.78 Å². The van der Waals surface area contributed by atoms with Crippen molar-refractivity contribution in [2.24, 2.45) is 5.92 Å². The predicted molar refractivity (Wildman–Crippen MR) is 72.5 cm³/mol. The van der Waals surface area contributed by atoms with Gasteiger partial charge in [-0.05, 0) is 30.2 Å². The molecule has 0 spiro atoms. The summed E-state index contributed by atoms with van der Waals surface area (Å²) in [5.74, 6) is -0.930. The average Bonchev–Trinajstić information content (AvgIpc) is 2.47. The summed E-state index contributed by atoms with van der Waals surface area (Å²) in [7, 11) is 1.34. The summed E-state index contributed by atoms with van der Waals surface area (Å²) in [6.07, 6.45) is 1.39. The molecule has 1 aromatic carbocycles. The zero-order valence-electron chi connectivity index (χ0n) is 11.0. The summed E-state index contributed by atoms with van der Waals surface area (Å²) in [5.41, 5.74) is 1.57. The van der Waals surface area contributed by atoms with Gasteiger partial charge < -0.3 is 9.84 Å². The van der Waals surface area contributed by atoms with E-state index in [0.29, 0.717) is 12.0 Å². The summed E-state index contributed by atoms with van der Waals surface area (Å²) in [5, 5.41) is 11.3. The number of aromatic nitrogens is 1. The summed E-state index contributed by atoms with van der Waals surface area (Å²) < 4.78 is 4.72. The number of fused-ring (bicyclic) bond motifs is 1. The molecule has 100 valence electrons. The SMILES string of the molecule is CCC(C(=O)OC)C(O)c1ccc2ncccc2c1. The van der Waals surface area contributed by atoms with Crippen LogP contribution >= 0.6 is 0 Å². The lowest BCUT2D eigenvalue weighted by Gasteiger charge is -2.19. The smallest absolute Gasteiger partial charge is 0.311 e. The Morgan fingerprint density at radius 3 is 2.89 bits per heavy atom. The Hall–Kier alpha value is -1.94. The first-order valence-corrected chi connectivity index (χ1v) is 6.28. The molecule has 0 fully saturated rings. The first-order valence-electron chi connectivity index (χ1n) is 6.28. The molecular weight excluding hydrogens is 242 g/mol. The number of rotatable bonds is 4. The maximum atomic E-state index is 11.6.